The minimum absolute atomic E-state index is 0.388. The molecule has 2 rings (SSSR count). The van der Waals surface area contributed by atoms with Gasteiger partial charge in [0, 0.05) is 11.6 Å². The molecule has 0 saturated carbocycles. The Kier molecular flexibility index (Phi) is 6.80. The Balaban J connectivity index is 1.64. The lowest BCUT2D eigenvalue weighted by Crippen LogP contribution is -2.35. The number of hydrogen-bond donors (Lipinski definition) is 1. The Labute approximate surface area is 126 Å². The summed E-state index contributed by atoms with van der Waals surface area (Å²) in [7, 11) is 0. The lowest BCUT2D eigenvalue weighted by molar-refractivity contribution is 0.0104. The van der Waals surface area contributed by atoms with E-state index in [9.17, 15) is 5.11 Å². The fourth-order valence-electron chi connectivity index (χ4n) is 2.56. The molecule has 3 nitrogen and oxygen atoms in total. The van der Waals surface area contributed by atoms with Gasteiger partial charge in [-0.05, 0) is 43.6 Å². The van der Waals surface area contributed by atoms with Crippen LogP contribution in [0.15, 0.2) is 24.3 Å². The van der Waals surface area contributed by atoms with E-state index in [4.69, 9.17) is 16.3 Å². The van der Waals surface area contributed by atoms with Crippen molar-refractivity contribution in [2.75, 3.05) is 26.2 Å². The predicted molar refractivity (Wildman–Crippen MR) is 82.0 cm³/mol. The van der Waals surface area contributed by atoms with Crippen LogP contribution in [0.4, 0.5) is 0 Å². The number of aliphatic hydroxyl groups excluding tert-OH is 1. The lowest BCUT2D eigenvalue weighted by atomic mass is 10.2. The van der Waals surface area contributed by atoms with E-state index in [1.165, 1.54) is 25.7 Å². The number of hydrogen-bond acceptors (Lipinski definition) is 3. The summed E-state index contributed by atoms with van der Waals surface area (Å²) in [4.78, 5) is 2.35. The molecule has 1 atom stereocenters. The number of benzene rings is 1. The first-order valence-corrected chi connectivity index (χ1v) is 7.84. The van der Waals surface area contributed by atoms with E-state index in [1.807, 2.05) is 24.3 Å². The van der Waals surface area contributed by atoms with Crippen molar-refractivity contribution in [3.05, 3.63) is 34.9 Å². The zero-order valence-corrected chi connectivity index (χ0v) is 12.7. The first-order valence-electron chi connectivity index (χ1n) is 7.46. The Bertz CT molecular complexity index is 375. The van der Waals surface area contributed by atoms with Crippen molar-refractivity contribution in [3.8, 4) is 0 Å². The van der Waals surface area contributed by atoms with Gasteiger partial charge in [-0.25, -0.2) is 0 Å². The van der Waals surface area contributed by atoms with Crippen LogP contribution in [0.5, 0.6) is 0 Å². The molecule has 0 amide bonds. The number of aliphatic hydroxyl groups is 1. The van der Waals surface area contributed by atoms with E-state index in [1.54, 1.807) is 0 Å². The van der Waals surface area contributed by atoms with Gasteiger partial charge in [-0.2, -0.15) is 0 Å². The molecule has 1 aromatic carbocycles. The molecule has 20 heavy (non-hydrogen) atoms. The first-order chi connectivity index (χ1) is 9.74. The van der Waals surface area contributed by atoms with Crippen LogP contribution in [0.25, 0.3) is 0 Å². The van der Waals surface area contributed by atoms with Crippen LogP contribution in [-0.2, 0) is 11.3 Å². The summed E-state index contributed by atoms with van der Waals surface area (Å²) >= 11 is 5.83. The summed E-state index contributed by atoms with van der Waals surface area (Å²) in [5, 5.41) is 10.8. The largest absolute Gasteiger partial charge is 0.389 e. The summed E-state index contributed by atoms with van der Waals surface area (Å²) in [6.07, 6.45) is 4.73. The Morgan fingerprint density at radius 3 is 2.40 bits per heavy atom. The Morgan fingerprint density at radius 1 is 1.10 bits per heavy atom. The topological polar surface area (TPSA) is 32.7 Å². The van der Waals surface area contributed by atoms with E-state index in [0.717, 1.165) is 30.2 Å². The molecule has 0 aliphatic carbocycles. The highest BCUT2D eigenvalue weighted by Gasteiger charge is 2.13. The maximum Gasteiger partial charge on any atom is 0.0900 e. The van der Waals surface area contributed by atoms with Crippen molar-refractivity contribution < 1.29 is 9.84 Å². The standard InChI is InChI=1S/C16H24ClNO2/c17-15-7-5-14(6-8-15)12-20-13-16(19)11-18-9-3-1-2-4-10-18/h5-8,16,19H,1-4,9-13H2. The molecule has 4 heteroatoms. The molecular formula is C16H24ClNO2. The molecule has 1 heterocycles. The molecule has 1 unspecified atom stereocenters. The third-order valence-electron chi connectivity index (χ3n) is 3.66. The van der Waals surface area contributed by atoms with Crippen molar-refractivity contribution in [3.63, 3.8) is 0 Å². The molecular weight excluding hydrogens is 274 g/mol. The van der Waals surface area contributed by atoms with Crippen LogP contribution in [0, 0.1) is 0 Å². The van der Waals surface area contributed by atoms with Gasteiger partial charge in [0.1, 0.15) is 0 Å². The summed E-state index contributed by atoms with van der Waals surface area (Å²) < 4.78 is 5.57. The second kappa shape index (κ2) is 8.63. The predicted octanol–water partition coefficient (Wildman–Crippen LogP) is 3.09. The Hall–Kier alpha value is -0.610. The van der Waals surface area contributed by atoms with Gasteiger partial charge in [-0.3, -0.25) is 0 Å². The highest BCUT2D eigenvalue weighted by Crippen LogP contribution is 2.11. The monoisotopic (exact) mass is 297 g/mol. The number of β-amino-alcohol motifs (C(OH)–C–C–N with tert-alkyl or cyclic N) is 1. The van der Waals surface area contributed by atoms with E-state index in [0.29, 0.717) is 13.2 Å². The van der Waals surface area contributed by atoms with Gasteiger partial charge in [0.15, 0.2) is 0 Å². The molecule has 0 aromatic heterocycles. The number of nitrogens with zero attached hydrogens (tertiary/aromatic N) is 1. The molecule has 112 valence electrons. The third-order valence-corrected chi connectivity index (χ3v) is 3.91. The molecule has 1 aromatic rings. The van der Waals surface area contributed by atoms with Crippen molar-refractivity contribution in [2.45, 2.75) is 38.4 Å². The molecule has 1 aliphatic rings. The maximum absolute atomic E-state index is 10.0. The summed E-state index contributed by atoms with van der Waals surface area (Å²) in [5.41, 5.74) is 1.08. The SMILES string of the molecule is OC(COCc1ccc(Cl)cc1)CN1CCCCCC1. The number of ether oxygens (including phenoxy) is 1. The van der Waals surface area contributed by atoms with Gasteiger partial charge >= 0.3 is 0 Å². The molecule has 1 saturated heterocycles. The Morgan fingerprint density at radius 2 is 1.75 bits per heavy atom. The van der Waals surface area contributed by atoms with Gasteiger partial charge in [-0.15, -0.1) is 0 Å². The first kappa shape index (κ1) is 15.8. The van der Waals surface area contributed by atoms with Gasteiger partial charge in [0.2, 0.25) is 0 Å². The van der Waals surface area contributed by atoms with Crippen LogP contribution in [0.2, 0.25) is 5.02 Å². The highest BCUT2D eigenvalue weighted by atomic mass is 35.5. The third kappa shape index (κ3) is 5.80. The molecule has 1 N–H and O–H groups in total. The van der Waals surface area contributed by atoms with Crippen LogP contribution in [0.1, 0.15) is 31.2 Å². The van der Waals surface area contributed by atoms with Gasteiger partial charge in [0.25, 0.3) is 0 Å². The van der Waals surface area contributed by atoms with Crippen LogP contribution in [0.3, 0.4) is 0 Å². The summed E-state index contributed by atoms with van der Waals surface area (Å²) in [6.45, 7) is 3.84. The fourth-order valence-corrected chi connectivity index (χ4v) is 2.69. The van der Waals surface area contributed by atoms with Crippen molar-refractivity contribution in [1.82, 2.24) is 4.90 Å². The lowest BCUT2D eigenvalue weighted by Gasteiger charge is -2.23. The number of likely N-dealkylation sites (tertiary alicyclic amines) is 1. The van der Waals surface area contributed by atoms with E-state index in [2.05, 4.69) is 4.90 Å². The zero-order valence-electron chi connectivity index (χ0n) is 11.9. The molecule has 0 radical (unpaired) electrons. The van der Waals surface area contributed by atoms with E-state index in [-0.39, 0.29) is 0 Å². The zero-order chi connectivity index (χ0) is 14.2. The highest BCUT2D eigenvalue weighted by molar-refractivity contribution is 6.30. The van der Waals surface area contributed by atoms with E-state index < -0.39 is 6.10 Å². The quantitative estimate of drug-likeness (QED) is 0.876. The minimum Gasteiger partial charge on any atom is -0.389 e. The normalized spacial score (nSPS) is 18.7. The molecule has 0 spiro atoms. The van der Waals surface area contributed by atoms with Crippen LogP contribution < -0.4 is 0 Å². The van der Waals surface area contributed by atoms with Crippen molar-refractivity contribution >= 4 is 11.6 Å². The van der Waals surface area contributed by atoms with Gasteiger partial charge in [0.05, 0.1) is 19.3 Å². The second-order valence-electron chi connectivity index (χ2n) is 5.51. The maximum atomic E-state index is 10.0. The molecule has 1 aliphatic heterocycles. The number of rotatable bonds is 6. The van der Waals surface area contributed by atoms with Crippen LogP contribution >= 0.6 is 11.6 Å². The summed E-state index contributed by atoms with van der Waals surface area (Å²) in [6, 6.07) is 7.61. The number of halogens is 1. The molecule has 1 fully saturated rings. The van der Waals surface area contributed by atoms with E-state index >= 15 is 0 Å². The average molecular weight is 298 g/mol. The van der Waals surface area contributed by atoms with Crippen LogP contribution in [-0.4, -0.2) is 42.4 Å². The van der Waals surface area contributed by atoms with Crippen molar-refractivity contribution in [2.24, 2.45) is 0 Å². The van der Waals surface area contributed by atoms with Gasteiger partial charge in [-0.1, -0.05) is 36.6 Å². The average Bonchev–Trinajstić information content (AvgIpc) is 2.70. The van der Waals surface area contributed by atoms with Gasteiger partial charge < -0.3 is 14.7 Å². The summed E-state index contributed by atoms with van der Waals surface area (Å²) in [5.74, 6) is 0. The minimum atomic E-state index is -0.402. The smallest absolute Gasteiger partial charge is 0.0900 e. The second-order valence-corrected chi connectivity index (χ2v) is 5.95. The van der Waals surface area contributed by atoms with Crippen molar-refractivity contribution in [1.29, 1.82) is 0 Å². The molecule has 0 bridgehead atoms. The fraction of sp³-hybridized carbons (Fsp3) is 0.625.